The smallest absolute Gasteiger partial charge is 0.341 e. The van der Waals surface area contributed by atoms with Crippen LogP contribution in [0.3, 0.4) is 0 Å². The van der Waals surface area contributed by atoms with Crippen LogP contribution >= 0.6 is 11.6 Å². The van der Waals surface area contributed by atoms with Crippen molar-refractivity contribution in [2.24, 2.45) is 0 Å². The van der Waals surface area contributed by atoms with Crippen molar-refractivity contribution in [2.75, 3.05) is 7.11 Å². The molecule has 0 aliphatic carbocycles. The minimum Gasteiger partial charge on any atom is -0.465 e. The number of methoxy groups -OCH3 is 1. The summed E-state index contributed by atoms with van der Waals surface area (Å²) in [7, 11) is 1.20. The Labute approximate surface area is 113 Å². The molecule has 0 saturated heterocycles. The third kappa shape index (κ3) is 3.00. The van der Waals surface area contributed by atoms with Gasteiger partial charge < -0.3 is 9.47 Å². The highest BCUT2D eigenvalue weighted by atomic mass is 35.5. The number of rotatable bonds is 3. The summed E-state index contributed by atoms with van der Waals surface area (Å²) in [5.41, 5.74) is -0.0255. The van der Waals surface area contributed by atoms with Crippen LogP contribution in [-0.4, -0.2) is 18.1 Å². The van der Waals surface area contributed by atoms with E-state index in [1.807, 2.05) is 0 Å². The summed E-state index contributed by atoms with van der Waals surface area (Å²) in [6.07, 6.45) is 2.90. The molecule has 2 rings (SSSR count). The van der Waals surface area contributed by atoms with Crippen LogP contribution in [0.2, 0.25) is 5.02 Å². The first-order valence-electron chi connectivity index (χ1n) is 5.27. The maximum Gasteiger partial charge on any atom is 0.341 e. The van der Waals surface area contributed by atoms with Crippen LogP contribution in [0.5, 0.6) is 11.5 Å². The maximum absolute atomic E-state index is 13.2. The van der Waals surface area contributed by atoms with E-state index < -0.39 is 11.8 Å². The van der Waals surface area contributed by atoms with Gasteiger partial charge in [-0.25, -0.2) is 9.18 Å². The molecule has 0 saturated carbocycles. The molecule has 4 nitrogen and oxygen atoms in total. The Balaban J connectivity index is 2.40. The molecule has 0 amide bonds. The zero-order chi connectivity index (χ0) is 13.8. The van der Waals surface area contributed by atoms with E-state index in [1.54, 1.807) is 0 Å². The van der Waals surface area contributed by atoms with Crippen LogP contribution in [0.1, 0.15) is 10.4 Å². The van der Waals surface area contributed by atoms with Gasteiger partial charge in [-0.3, -0.25) is 4.98 Å². The van der Waals surface area contributed by atoms with Crippen molar-refractivity contribution in [1.82, 2.24) is 4.98 Å². The highest BCUT2D eigenvalue weighted by Crippen LogP contribution is 2.30. The van der Waals surface area contributed by atoms with E-state index in [-0.39, 0.29) is 17.1 Å². The summed E-state index contributed by atoms with van der Waals surface area (Å²) >= 11 is 5.92. The van der Waals surface area contributed by atoms with Crippen molar-refractivity contribution < 1.29 is 18.7 Å². The largest absolute Gasteiger partial charge is 0.465 e. The average Bonchev–Trinajstić information content (AvgIpc) is 2.42. The molecular formula is C13H9ClFNO3. The van der Waals surface area contributed by atoms with Crippen LogP contribution in [-0.2, 0) is 4.74 Å². The molecule has 98 valence electrons. The Morgan fingerprint density at radius 1 is 1.32 bits per heavy atom. The quantitative estimate of drug-likeness (QED) is 0.809. The van der Waals surface area contributed by atoms with Gasteiger partial charge in [-0.2, -0.15) is 0 Å². The first kappa shape index (κ1) is 13.3. The predicted molar refractivity (Wildman–Crippen MR) is 67.1 cm³/mol. The van der Waals surface area contributed by atoms with Crippen molar-refractivity contribution in [3.63, 3.8) is 0 Å². The van der Waals surface area contributed by atoms with Gasteiger partial charge in [-0.05, 0) is 24.3 Å². The summed E-state index contributed by atoms with van der Waals surface area (Å²) < 4.78 is 23.2. The first-order valence-corrected chi connectivity index (χ1v) is 5.65. The Kier molecular flexibility index (Phi) is 3.97. The number of nitrogens with zero attached hydrogens (tertiary/aromatic N) is 1. The number of hydrogen-bond donors (Lipinski definition) is 0. The lowest BCUT2D eigenvalue weighted by molar-refractivity contribution is 0.0597. The van der Waals surface area contributed by atoms with Gasteiger partial charge in [0.1, 0.15) is 17.1 Å². The zero-order valence-corrected chi connectivity index (χ0v) is 10.6. The summed E-state index contributed by atoms with van der Waals surface area (Å²) in [5.74, 6) is -0.858. The van der Waals surface area contributed by atoms with Crippen LogP contribution in [0.25, 0.3) is 0 Å². The Hall–Kier alpha value is -2.14. The molecule has 0 bridgehead atoms. The highest BCUT2D eigenvalue weighted by Gasteiger charge is 2.16. The second kappa shape index (κ2) is 5.67. The highest BCUT2D eigenvalue weighted by molar-refractivity contribution is 6.32. The molecule has 6 heteroatoms. The first-order chi connectivity index (χ1) is 9.11. The fourth-order valence-corrected chi connectivity index (χ4v) is 1.56. The molecule has 1 heterocycles. The second-order valence-corrected chi connectivity index (χ2v) is 3.95. The van der Waals surface area contributed by atoms with E-state index in [4.69, 9.17) is 16.3 Å². The van der Waals surface area contributed by atoms with Crippen molar-refractivity contribution >= 4 is 17.6 Å². The minimum absolute atomic E-state index is 0.0255. The normalized spacial score (nSPS) is 10.1. The third-order valence-corrected chi connectivity index (χ3v) is 2.61. The number of carbonyl (C=O) groups excluding carboxylic acids is 1. The van der Waals surface area contributed by atoms with Gasteiger partial charge in [-0.15, -0.1) is 0 Å². The zero-order valence-electron chi connectivity index (χ0n) is 9.89. The van der Waals surface area contributed by atoms with Gasteiger partial charge in [0.05, 0.1) is 18.3 Å². The van der Waals surface area contributed by atoms with Crippen molar-refractivity contribution in [3.05, 3.63) is 53.1 Å². The van der Waals surface area contributed by atoms with E-state index >= 15 is 0 Å². The van der Waals surface area contributed by atoms with E-state index in [1.165, 1.54) is 37.7 Å². The topological polar surface area (TPSA) is 48.4 Å². The maximum atomic E-state index is 13.2. The van der Waals surface area contributed by atoms with Gasteiger partial charge in [0, 0.05) is 6.20 Å². The number of aromatic nitrogens is 1. The Morgan fingerprint density at radius 3 is 2.79 bits per heavy atom. The molecule has 0 unspecified atom stereocenters. The molecule has 0 atom stereocenters. The van der Waals surface area contributed by atoms with Gasteiger partial charge >= 0.3 is 5.97 Å². The van der Waals surface area contributed by atoms with Crippen molar-refractivity contribution in [1.29, 1.82) is 0 Å². The number of ether oxygens (including phenoxy) is 2. The number of benzene rings is 1. The van der Waals surface area contributed by atoms with E-state index in [0.717, 1.165) is 6.07 Å². The van der Waals surface area contributed by atoms with Crippen LogP contribution in [0.15, 0.2) is 36.7 Å². The lowest BCUT2D eigenvalue weighted by Gasteiger charge is -2.10. The molecule has 2 aromatic rings. The summed E-state index contributed by atoms with van der Waals surface area (Å²) in [6, 6.07) is 5.07. The second-order valence-electron chi connectivity index (χ2n) is 3.54. The molecule has 1 aromatic heterocycles. The minimum atomic E-state index is -0.700. The molecule has 0 radical (unpaired) electrons. The molecular weight excluding hydrogens is 273 g/mol. The van der Waals surface area contributed by atoms with E-state index in [2.05, 4.69) is 9.72 Å². The Bertz CT molecular complexity index is 619. The molecule has 0 fully saturated rings. The van der Waals surface area contributed by atoms with Crippen LogP contribution in [0.4, 0.5) is 4.39 Å². The van der Waals surface area contributed by atoms with Crippen molar-refractivity contribution in [3.8, 4) is 11.5 Å². The molecule has 19 heavy (non-hydrogen) atoms. The Morgan fingerprint density at radius 2 is 2.11 bits per heavy atom. The SMILES string of the molecule is COC(=O)c1cc(F)ccc1Oc1cnccc1Cl. The monoisotopic (exact) mass is 281 g/mol. The van der Waals surface area contributed by atoms with Gasteiger partial charge in [0.2, 0.25) is 0 Å². The van der Waals surface area contributed by atoms with Gasteiger partial charge in [-0.1, -0.05) is 11.6 Å². The van der Waals surface area contributed by atoms with Crippen LogP contribution < -0.4 is 4.74 Å². The molecule has 0 spiro atoms. The third-order valence-electron chi connectivity index (χ3n) is 2.30. The standard InChI is InChI=1S/C13H9ClFNO3/c1-18-13(17)9-6-8(15)2-3-11(9)19-12-7-16-5-4-10(12)14/h2-7H,1H3. The molecule has 0 aliphatic rings. The van der Waals surface area contributed by atoms with E-state index in [9.17, 15) is 9.18 Å². The number of esters is 1. The number of carbonyl (C=O) groups is 1. The summed E-state index contributed by atoms with van der Waals surface area (Å²) in [6.45, 7) is 0. The van der Waals surface area contributed by atoms with E-state index in [0.29, 0.717) is 5.02 Å². The molecule has 0 N–H and O–H groups in total. The van der Waals surface area contributed by atoms with Gasteiger partial charge in [0.25, 0.3) is 0 Å². The average molecular weight is 282 g/mol. The van der Waals surface area contributed by atoms with Crippen LogP contribution in [0, 0.1) is 5.82 Å². The number of pyridine rings is 1. The number of hydrogen-bond acceptors (Lipinski definition) is 4. The summed E-state index contributed by atoms with van der Waals surface area (Å²) in [5, 5.41) is 0.329. The predicted octanol–water partition coefficient (Wildman–Crippen LogP) is 3.45. The lowest BCUT2D eigenvalue weighted by atomic mass is 10.2. The fraction of sp³-hybridized carbons (Fsp3) is 0.0769. The van der Waals surface area contributed by atoms with Crippen molar-refractivity contribution in [2.45, 2.75) is 0 Å². The number of halogens is 2. The fourth-order valence-electron chi connectivity index (χ4n) is 1.42. The lowest BCUT2D eigenvalue weighted by Crippen LogP contribution is -2.04. The van der Waals surface area contributed by atoms with Gasteiger partial charge in [0.15, 0.2) is 5.75 Å². The molecule has 0 aliphatic heterocycles. The molecule has 1 aromatic carbocycles. The summed E-state index contributed by atoms with van der Waals surface area (Å²) in [4.78, 5) is 15.4.